The highest BCUT2D eigenvalue weighted by molar-refractivity contribution is 6.36. The molecule has 1 amide bonds. The van der Waals surface area contributed by atoms with Crippen molar-refractivity contribution >= 4 is 29.4 Å². The van der Waals surface area contributed by atoms with Gasteiger partial charge in [-0.15, -0.1) is 0 Å². The summed E-state index contributed by atoms with van der Waals surface area (Å²) in [7, 11) is 0. The van der Waals surface area contributed by atoms with Crippen molar-refractivity contribution in [3.8, 4) is 6.07 Å². The highest BCUT2D eigenvalue weighted by Crippen LogP contribution is 2.28. The van der Waals surface area contributed by atoms with Gasteiger partial charge >= 0.3 is 12.1 Å². The fraction of sp³-hybridized carbons (Fsp3) is 0.308. The van der Waals surface area contributed by atoms with Crippen LogP contribution in [0.3, 0.4) is 0 Å². The lowest BCUT2D eigenvalue weighted by Crippen LogP contribution is -2.27. The molecule has 0 spiro atoms. The Hall–Kier alpha value is -2.26. The SMILES string of the molecule is CC(C)(C)OC(=O)Nc1cc(C#N)cc(C(=O)O)c1Cl. The smallest absolute Gasteiger partial charge is 0.412 e. The first-order valence-corrected chi connectivity index (χ1v) is 5.99. The summed E-state index contributed by atoms with van der Waals surface area (Å²) in [5, 5.41) is 20.0. The molecule has 0 atom stereocenters. The molecule has 0 aliphatic rings. The number of ether oxygens (including phenoxy) is 1. The third-order valence-corrected chi connectivity index (χ3v) is 2.47. The van der Waals surface area contributed by atoms with Crippen molar-refractivity contribution in [3.05, 3.63) is 28.3 Å². The first-order valence-electron chi connectivity index (χ1n) is 5.61. The third kappa shape index (κ3) is 4.14. The third-order valence-electron chi connectivity index (χ3n) is 2.07. The normalized spacial score (nSPS) is 10.6. The number of anilines is 1. The molecule has 106 valence electrons. The summed E-state index contributed by atoms with van der Waals surface area (Å²) in [6.45, 7) is 5.05. The van der Waals surface area contributed by atoms with Crippen LogP contribution in [0, 0.1) is 11.3 Å². The number of amides is 1. The first-order chi connectivity index (χ1) is 9.14. The van der Waals surface area contributed by atoms with Crippen LogP contribution in [0.4, 0.5) is 10.5 Å². The molecule has 0 aromatic heterocycles. The second-order valence-electron chi connectivity index (χ2n) is 4.93. The summed E-state index contributed by atoms with van der Waals surface area (Å²) in [5.41, 5.74) is -0.897. The largest absolute Gasteiger partial charge is 0.478 e. The topological polar surface area (TPSA) is 99.4 Å². The van der Waals surface area contributed by atoms with Gasteiger partial charge in [-0.1, -0.05) is 11.6 Å². The fourth-order valence-electron chi connectivity index (χ4n) is 1.35. The van der Waals surface area contributed by atoms with Crippen LogP contribution in [-0.4, -0.2) is 22.8 Å². The molecule has 2 N–H and O–H groups in total. The van der Waals surface area contributed by atoms with Gasteiger partial charge in [0.2, 0.25) is 0 Å². The highest BCUT2D eigenvalue weighted by atomic mass is 35.5. The first kappa shape index (κ1) is 15.8. The molecule has 6 nitrogen and oxygen atoms in total. The molecule has 0 aliphatic heterocycles. The molecule has 0 saturated heterocycles. The van der Waals surface area contributed by atoms with Gasteiger partial charge < -0.3 is 9.84 Å². The van der Waals surface area contributed by atoms with E-state index in [2.05, 4.69) is 5.32 Å². The molecule has 1 aromatic carbocycles. The van der Waals surface area contributed by atoms with Crippen LogP contribution >= 0.6 is 11.6 Å². The van der Waals surface area contributed by atoms with Gasteiger partial charge in [0.15, 0.2) is 0 Å². The second-order valence-corrected chi connectivity index (χ2v) is 5.31. The van der Waals surface area contributed by atoms with Crippen LogP contribution in [-0.2, 0) is 4.74 Å². The van der Waals surface area contributed by atoms with Gasteiger partial charge in [0.1, 0.15) is 5.60 Å². The quantitative estimate of drug-likeness (QED) is 0.872. The van der Waals surface area contributed by atoms with E-state index < -0.39 is 17.7 Å². The molecule has 0 saturated carbocycles. The van der Waals surface area contributed by atoms with Crippen LogP contribution in [0.1, 0.15) is 36.7 Å². The number of rotatable bonds is 2. The van der Waals surface area contributed by atoms with E-state index in [1.165, 1.54) is 6.07 Å². The van der Waals surface area contributed by atoms with Gasteiger partial charge in [0, 0.05) is 0 Å². The minimum absolute atomic E-state index is 0.0115. The maximum atomic E-state index is 11.6. The summed E-state index contributed by atoms with van der Waals surface area (Å²) in [5.74, 6) is -1.29. The Labute approximate surface area is 120 Å². The van der Waals surface area contributed by atoms with E-state index in [1.54, 1.807) is 26.8 Å². The zero-order valence-corrected chi connectivity index (χ0v) is 11.9. The van der Waals surface area contributed by atoms with Crippen LogP contribution in [0.15, 0.2) is 12.1 Å². The Balaban J connectivity index is 3.13. The van der Waals surface area contributed by atoms with E-state index in [4.69, 9.17) is 26.7 Å². The lowest BCUT2D eigenvalue weighted by Gasteiger charge is -2.20. The maximum Gasteiger partial charge on any atom is 0.412 e. The Morgan fingerprint density at radius 3 is 2.45 bits per heavy atom. The van der Waals surface area contributed by atoms with Crippen molar-refractivity contribution in [1.82, 2.24) is 0 Å². The van der Waals surface area contributed by atoms with Gasteiger partial charge in [0.25, 0.3) is 0 Å². The Morgan fingerprint density at radius 2 is 2.00 bits per heavy atom. The number of hydrogen-bond acceptors (Lipinski definition) is 4. The number of carbonyl (C=O) groups is 2. The van der Waals surface area contributed by atoms with Crippen molar-refractivity contribution in [3.63, 3.8) is 0 Å². The molecule has 0 bridgehead atoms. The minimum Gasteiger partial charge on any atom is -0.478 e. The highest BCUT2D eigenvalue weighted by Gasteiger charge is 2.20. The summed E-state index contributed by atoms with van der Waals surface area (Å²) in [6.07, 6.45) is -0.786. The van der Waals surface area contributed by atoms with Gasteiger partial charge in [-0.2, -0.15) is 5.26 Å². The molecule has 20 heavy (non-hydrogen) atoms. The average molecular weight is 297 g/mol. The standard InChI is InChI=1S/C13H13ClN2O4/c1-13(2,3)20-12(19)16-9-5-7(6-15)4-8(10(9)14)11(17)18/h4-5H,1-3H3,(H,16,19)(H,17,18). The number of nitrogens with one attached hydrogen (secondary N) is 1. The molecule has 1 rings (SSSR count). The number of carboxylic acid groups (broad SMARTS) is 1. The van der Waals surface area contributed by atoms with Gasteiger partial charge in [-0.3, -0.25) is 5.32 Å². The Morgan fingerprint density at radius 1 is 1.40 bits per heavy atom. The summed E-state index contributed by atoms with van der Waals surface area (Å²) in [6, 6.07) is 4.20. The predicted octanol–water partition coefficient (Wildman–Crippen LogP) is 3.26. The van der Waals surface area contributed by atoms with Crippen LogP contribution in [0.25, 0.3) is 0 Å². The summed E-state index contributed by atoms with van der Waals surface area (Å²) < 4.78 is 5.03. The van der Waals surface area contributed by atoms with E-state index in [1.807, 2.05) is 0 Å². The number of carbonyl (C=O) groups excluding carboxylic acids is 1. The summed E-state index contributed by atoms with van der Waals surface area (Å²) in [4.78, 5) is 22.7. The van der Waals surface area contributed by atoms with Gasteiger partial charge in [-0.05, 0) is 32.9 Å². The van der Waals surface area contributed by atoms with E-state index in [-0.39, 0.29) is 21.8 Å². The monoisotopic (exact) mass is 296 g/mol. The Bertz CT molecular complexity index is 600. The van der Waals surface area contributed by atoms with E-state index in [9.17, 15) is 9.59 Å². The van der Waals surface area contributed by atoms with Crippen molar-refractivity contribution in [2.45, 2.75) is 26.4 Å². The molecule has 0 heterocycles. The fourth-order valence-corrected chi connectivity index (χ4v) is 1.59. The molecule has 7 heteroatoms. The van der Waals surface area contributed by atoms with E-state index in [0.717, 1.165) is 6.07 Å². The van der Waals surface area contributed by atoms with E-state index >= 15 is 0 Å². The van der Waals surface area contributed by atoms with Crippen molar-refractivity contribution in [2.24, 2.45) is 0 Å². The molecular formula is C13H13ClN2O4. The molecule has 0 aliphatic carbocycles. The van der Waals surface area contributed by atoms with Crippen molar-refractivity contribution in [2.75, 3.05) is 5.32 Å². The molecule has 0 unspecified atom stereocenters. The Kier molecular flexibility index (Phi) is 4.58. The number of hydrogen-bond donors (Lipinski definition) is 2. The van der Waals surface area contributed by atoms with Crippen LogP contribution in [0.5, 0.6) is 0 Å². The van der Waals surface area contributed by atoms with Crippen LogP contribution < -0.4 is 5.32 Å². The zero-order chi connectivity index (χ0) is 15.5. The molecular weight excluding hydrogens is 284 g/mol. The lowest BCUT2D eigenvalue weighted by molar-refractivity contribution is 0.0633. The average Bonchev–Trinajstić information content (AvgIpc) is 2.28. The number of nitriles is 1. The number of carboxylic acids is 1. The lowest BCUT2D eigenvalue weighted by atomic mass is 10.1. The van der Waals surface area contributed by atoms with Crippen molar-refractivity contribution in [1.29, 1.82) is 5.26 Å². The number of benzene rings is 1. The van der Waals surface area contributed by atoms with Crippen LogP contribution in [0.2, 0.25) is 5.02 Å². The summed E-state index contributed by atoms with van der Waals surface area (Å²) >= 11 is 5.89. The predicted molar refractivity (Wildman–Crippen MR) is 73.0 cm³/mol. The van der Waals surface area contributed by atoms with Gasteiger partial charge in [0.05, 0.1) is 27.9 Å². The number of aromatic carboxylic acids is 1. The molecule has 0 fully saturated rings. The van der Waals surface area contributed by atoms with Crippen molar-refractivity contribution < 1.29 is 19.4 Å². The second kappa shape index (κ2) is 5.80. The van der Waals surface area contributed by atoms with Gasteiger partial charge in [-0.25, -0.2) is 9.59 Å². The molecule has 1 aromatic rings. The zero-order valence-electron chi connectivity index (χ0n) is 11.2. The number of halogens is 1. The maximum absolute atomic E-state index is 11.6. The minimum atomic E-state index is -1.29. The van der Waals surface area contributed by atoms with E-state index in [0.29, 0.717) is 0 Å². The number of nitrogens with zero attached hydrogens (tertiary/aromatic N) is 1. The molecule has 0 radical (unpaired) electrons.